The van der Waals surface area contributed by atoms with Crippen molar-refractivity contribution in [2.75, 3.05) is 0 Å². The SMILES string of the molecule is Cc1cc(C(F)(F)F)c(-c2ccc(C(C)C(=O)O)n3ccnc23)c(=O)n1C. The van der Waals surface area contributed by atoms with Gasteiger partial charge in [-0.05, 0) is 32.0 Å². The molecule has 142 valence electrons. The average molecular weight is 379 g/mol. The number of aliphatic carboxylic acids is 1. The van der Waals surface area contributed by atoms with Gasteiger partial charge in [0.1, 0.15) is 5.65 Å². The number of pyridine rings is 2. The molecule has 3 aromatic rings. The van der Waals surface area contributed by atoms with Gasteiger partial charge in [-0.1, -0.05) is 0 Å². The Morgan fingerprint density at radius 1 is 1.30 bits per heavy atom. The molecule has 0 amide bonds. The van der Waals surface area contributed by atoms with Crippen LogP contribution in [0.3, 0.4) is 0 Å². The number of halogens is 3. The number of carboxylic acids is 1. The first kappa shape index (κ1) is 18.7. The van der Waals surface area contributed by atoms with E-state index >= 15 is 0 Å². The molecule has 1 N–H and O–H groups in total. The van der Waals surface area contributed by atoms with Gasteiger partial charge in [0, 0.05) is 36.4 Å². The molecule has 0 saturated carbocycles. The molecule has 0 aromatic carbocycles. The number of hydrogen-bond acceptors (Lipinski definition) is 3. The van der Waals surface area contributed by atoms with Crippen molar-refractivity contribution in [3.8, 4) is 11.1 Å². The zero-order valence-electron chi connectivity index (χ0n) is 14.7. The van der Waals surface area contributed by atoms with Crippen molar-refractivity contribution < 1.29 is 23.1 Å². The first-order chi connectivity index (χ1) is 12.5. The number of alkyl halides is 3. The van der Waals surface area contributed by atoms with Crippen molar-refractivity contribution in [3.63, 3.8) is 0 Å². The van der Waals surface area contributed by atoms with Crippen LogP contribution in [0.4, 0.5) is 13.2 Å². The van der Waals surface area contributed by atoms with Gasteiger partial charge in [0.15, 0.2) is 0 Å². The Kier molecular flexibility index (Phi) is 4.33. The number of aryl methyl sites for hydroxylation is 1. The summed E-state index contributed by atoms with van der Waals surface area (Å²) in [6, 6.07) is 3.64. The summed E-state index contributed by atoms with van der Waals surface area (Å²) < 4.78 is 43.4. The van der Waals surface area contributed by atoms with E-state index in [1.54, 1.807) is 0 Å². The molecular formula is C18H16F3N3O3. The van der Waals surface area contributed by atoms with Crippen molar-refractivity contribution in [1.82, 2.24) is 14.0 Å². The van der Waals surface area contributed by atoms with Gasteiger partial charge in [-0.2, -0.15) is 13.2 Å². The maximum absolute atomic E-state index is 13.6. The fourth-order valence-corrected chi connectivity index (χ4v) is 3.01. The summed E-state index contributed by atoms with van der Waals surface area (Å²) in [5.74, 6) is -1.99. The Hall–Kier alpha value is -3.10. The third-order valence-electron chi connectivity index (χ3n) is 4.64. The molecule has 0 aliphatic carbocycles. The molecule has 6 nitrogen and oxygen atoms in total. The van der Waals surface area contributed by atoms with Gasteiger partial charge in [-0.15, -0.1) is 0 Å². The molecule has 3 heterocycles. The van der Waals surface area contributed by atoms with E-state index in [2.05, 4.69) is 4.98 Å². The number of aromatic nitrogens is 3. The predicted octanol–water partition coefficient (Wildman–Crippen LogP) is 3.22. The van der Waals surface area contributed by atoms with Gasteiger partial charge >= 0.3 is 12.1 Å². The first-order valence-corrected chi connectivity index (χ1v) is 8.01. The number of nitrogens with zero attached hydrogens (tertiary/aromatic N) is 3. The molecule has 3 rings (SSSR count). The number of fused-ring (bicyclic) bond motifs is 1. The Morgan fingerprint density at radius 2 is 1.96 bits per heavy atom. The van der Waals surface area contributed by atoms with Crippen molar-refractivity contribution in [1.29, 1.82) is 0 Å². The summed E-state index contributed by atoms with van der Waals surface area (Å²) in [6.45, 7) is 2.88. The highest BCUT2D eigenvalue weighted by Crippen LogP contribution is 2.37. The van der Waals surface area contributed by atoms with E-state index in [4.69, 9.17) is 0 Å². The summed E-state index contributed by atoms with van der Waals surface area (Å²) >= 11 is 0. The van der Waals surface area contributed by atoms with Crippen LogP contribution in [0.5, 0.6) is 0 Å². The maximum atomic E-state index is 13.6. The van der Waals surface area contributed by atoms with E-state index in [0.717, 1.165) is 10.6 Å². The summed E-state index contributed by atoms with van der Waals surface area (Å²) in [4.78, 5) is 28.1. The lowest BCUT2D eigenvalue weighted by Crippen LogP contribution is -2.25. The lowest BCUT2D eigenvalue weighted by atomic mass is 9.99. The zero-order valence-corrected chi connectivity index (χ0v) is 14.7. The van der Waals surface area contributed by atoms with Crippen molar-refractivity contribution >= 4 is 11.6 Å². The second-order valence-corrected chi connectivity index (χ2v) is 6.29. The number of rotatable bonds is 3. The average Bonchev–Trinajstić information content (AvgIpc) is 3.07. The van der Waals surface area contributed by atoms with E-state index in [1.165, 1.54) is 49.8 Å². The van der Waals surface area contributed by atoms with Gasteiger partial charge in [0.05, 0.1) is 17.0 Å². The number of hydrogen-bond donors (Lipinski definition) is 1. The quantitative estimate of drug-likeness (QED) is 0.758. The molecule has 3 aromatic heterocycles. The Morgan fingerprint density at radius 3 is 2.56 bits per heavy atom. The fraction of sp³-hybridized carbons (Fsp3) is 0.278. The van der Waals surface area contributed by atoms with Crippen molar-refractivity contribution in [2.45, 2.75) is 25.9 Å². The van der Waals surface area contributed by atoms with Crippen LogP contribution >= 0.6 is 0 Å². The van der Waals surface area contributed by atoms with Gasteiger partial charge in [0.25, 0.3) is 5.56 Å². The lowest BCUT2D eigenvalue weighted by Gasteiger charge is -2.17. The van der Waals surface area contributed by atoms with Crippen molar-refractivity contribution in [2.24, 2.45) is 7.05 Å². The van der Waals surface area contributed by atoms with Crippen LogP contribution in [-0.4, -0.2) is 25.0 Å². The second-order valence-electron chi connectivity index (χ2n) is 6.29. The molecule has 1 unspecified atom stereocenters. The highest BCUT2D eigenvalue weighted by molar-refractivity contribution is 5.82. The number of carbonyl (C=O) groups is 1. The molecule has 9 heteroatoms. The first-order valence-electron chi connectivity index (χ1n) is 8.01. The molecule has 0 aliphatic heterocycles. The van der Waals surface area contributed by atoms with Crippen LogP contribution < -0.4 is 5.56 Å². The van der Waals surface area contributed by atoms with E-state index in [1.807, 2.05) is 0 Å². The minimum Gasteiger partial charge on any atom is -0.481 e. The third kappa shape index (κ3) is 2.98. The number of imidazole rings is 1. The summed E-state index contributed by atoms with van der Waals surface area (Å²) in [6.07, 6.45) is -1.92. The standard InChI is InChI=1S/C18H16F3N3O3/c1-9-8-12(18(19,20)21)14(16(25)23(9)3)11-4-5-13(10(2)17(26)27)24-7-6-22-15(11)24/h4-8,10H,1-3H3,(H,26,27). The van der Waals surface area contributed by atoms with Crippen LogP contribution in [0.15, 0.2) is 35.4 Å². The second kappa shape index (κ2) is 6.26. The molecule has 0 saturated heterocycles. The normalized spacial score (nSPS) is 13.1. The van der Waals surface area contributed by atoms with E-state index < -0.39 is 34.7 Å². The Labute approximate surface area is 151 Å². The maximum Gasteiger partial charge on any atom is 0.417 e. The third-order valence-corrected chi connectivity index (χ3v) is 4.64. The van der Waals surface area contributed by atoms with Gasteiger partial charge < -0.3 is 14.1 Å². The summed E-state index contributed by atoms with van der Waals surface area (Å²) in [5.41, 5.74) is -1.76. The van der Waals surface area contributed by atoms with Crippen LogP contribution in [-0.2, 0) is 18.0 Å². The molecule has 0 aliphatic rings. The highest BCUT2D eigenvalue weighted by Gasteiger charge is 2.36. The minimum absolute atomic E-state index is 0.00531. The van der Waals surface area contributed by atoms with Crippen LogP contribution in [0, 0.1) is 6.92 Å². The lowest BCUT2D eigenvalue weighted by molar-refractivity contribution is -0.138. The van der Waals surface area contributed by atoms with Gasteiger partial charge in [-0.25, -0.2) is 4.98 Å². The molecule has 0 radical (unpaired) electrons. The molecule has 0 bridgehead atoms. The topological polar surface area (TPSA) is 76.6 Å². The predicted molar refractivity (Wildman–Crippen MR) is 91.7 cm³/mol. The van der Waals surface area contributed by atoms with E-state index in [9.17, 15) is 27.9 Å². The highest BCUT2D eigenvalue weighted by atomic mass is 19.4. The van der Waals surface area contributed by atoms with Gasteiger partial charge in [0.2, 0.25) is 0 Å². The molecule has 0 spiro atoms. The summed E-state index contributed by atoms with van der Waals surface area (Å²) in [5, 5.41) is 9.24. The zero-order chi connectivity index (χ0) is 20.1. The summed E-state index contributed by atoms with van der Waals surface area (Å²) in [7, 11) is 1.39. The number of carboxylic acid groups (broad SMARTS) is 1. The molecule has 0 fully saturated rings. The van der Waals surface area contributed by atoms with Gasteiger partial charge in [-0.3, -0.25) is 9.59 Å². The fourth-order valence-electron chi connectivity index (χ4n) is 3.01. The van der Waals surface area contributed by atoms with E-state index in [-0.39, 0.29) is 16.9 Å². The largest absolute Gasteiger partial charge is 0.481 e. The van der Waals surface area contributed by atoms with Crippen LogP contribution in [0.25, 0.3) is 16.8 Å². The van der Waals surface area contributed by atoms with E-state index in [0.29, 0.717) is 5.69 Å². The Bertz CT molecular complexity index is 1110. The minimum atomic E-state index is -4.73. The van der Waals surface area contributed by atoms with Crippen LogP contribution in [0.2, 0.25) is 0 Å². The Balaban J connectivity index is 2.40. The smallest absolute Gasteiger partial charge is 0.417 e. The molecular weight excluding hydrogens is 363 g/mol. The molecule has 27 heavy (non-hydrogen) atoms. The van der Waals surface area contributed by atoms with Crippen molar-refractivity contribution in [3.05, 3.63) is 57.9 Å². The molecule has 1 atom stereocenters. The van der Waals surface area contributed by atoms with Crippen LogP contribution in [0.1, 0.15) is 29.8 Å². The monoisotopic (exact) mass is 379 g/mol.